The molecule has 0 aliphatic carbocycles. The number of ether oxygens (including phenoxy) is 4. The van der Waals surface area contributed by atoms with Crippen molar-refractivity contribution in [3.05, 3.63) is 59.7 Å². The summed E-state index contributed by atoms with van der Waals surface area (Å²) < 4.78 is 22.0. The smallest absolute Gasteiger partial charge is 0.308 e. The Labute approximate surface area is 185 Å². The normalized spacial score (nSPS) is 22.9. The molecule has 2 aromatic rings. The molecule has 4 atom stereocenters. The molecule has 1 aliphatic heterocycles. The van der Waals surface area contributed by atoms with Gasteiger partial charge in [-0.3, -0.25) is 14.9 Å². The zero-order valence-corrected chi connectivity index (χ0v) is 17.9. The van der Waals surface area contributed by atoms with Crippen LogP contribution in [0.25, 0.3) is 0 Å². The maximum Gasteiger partial charge on any atom is 0.308 e. The second kappa shape index (κ2) is 11.2. The van der Waals surface area contributed by atoms with Crippen molar-refractivity contribution in [1.82, 2.24) is 5.32 Å². The van der Waals surface area contributed by atoms with Gasteiger partial charge in [-0.2, -0.15) is 0 Å². The van der Waals surface area contributed by atoms with E-state index in [1.807, 2.05) is 6.07 Å². The highest BCUT2D eigenvalue weighted by molar-refractivity contribution is 5.70. The van der Waals surface area contributed by atoms with Crippen LogP contribution in [0.2, 0.25) is 0 Å². The van der Waals surface area contributed by atoms with Gasteiger partial charge in [0.1, 0.15) is 36.0 Å². The van der Waals surface area contributed by atoms with Gasteiger partial charge in [0.05, 0.1) is 13.2 Å². The van der Waals surface area contributed by atoms with Crippen LogP contribution < -0.4 is 14.8 Å². The lowest BCUT2D eigenvalue weighted by Crippen LogP contribution is -2.58. The van der Waals surface area contributed by atoms with E-state index in [-0.39, 0.29) is 19.8 Å². The Balaban J connectivity index is 1.70. The molecule has 1 saturated heterocycles. The highest BCUT2D eigenvalue weighted by atomic mass is 16.6. The highest BCUT2D eigenvalue weighted by Crippen LogP contribution is 2.24. The SMILES string of the molecule is CC(=O)Oc1ccccc1CNC1OC[C@@H](O)[C@H](O)[C@@H]1OCc1ccccc1OC(C)=O. The van der Waals surface area contributed by atoms with Gasteiger partial charge in [0, 0.05) is 31.5 Å². The number of hydrogen-bond donors (Lipinski definition) is 3. The van der Waals surface area contributed by atoms with Crippen LogP contribution in [-0.2, 0) is 32.2 Å². The first kappa shape index (κ1) is 23.8. The molecule has 0 aromatic heterocycles. The predicted molar refractivity (Wildman–Crippen MR) is 113 cm³/mol. The lowest BCUT2D eigenvalue weighted by atomic mass is 10.0. The molecular formula is C23H27NO8. The molecular weight excluding hydrogens is 418 g/mol. The molecule has 3 rings (SSSR count). The Morgan fingerprint density at radius 2 is 1.53 bits per heavy atom. The summed E-state index contributed by atoms with van der Waals surface area (Å²) in [6, 6.07) is 13.9. The number of hydrogen-bond acceptors (Lipinski definition) is 9. The highest BCUT2D eigenvalue weighted by Gasteiger charge is 2.39. The zero-order chi connectivity index (χ0) is 23.1. The van der Waals surface area contributed by atoms with Crippen LogP contribution in [0.15, 0.2) is 48.5 Å². The summed E-state index contributed by atoms with van der Waals surface area (Å²) in [6.07, 6.45) is -3.98. The Morgan fingerprint density at radius 3 is 2.16 bits per heavy atom. The second-order valence-corrected chi connectivity index (χ2v) is 7.37. The van der Waals surface area contributed by atoms with E-state index >= 15 is 0 Å². The molecule has 0 radical (unpaired) electrons. The number of para-hydroxylation sites is 2. The maximum atomic E-state index is 11.3. The van der Waals surface area contributed by atoms with Crippen LogP contribution >= 0.6 is 0 Å². The van der Waals surface area contributed by atoms with E-state index in [0.717, 1.165) is 0 Å². The lowest BCUT2D eigenvalue weighted by molar-refractivity contribution is -0.215. The molecule has 172 valence electrons. The van der Waals surface area contributed by atoms with Crippen LogP contribution in [-0.4, -0.2) is 53.3 Å². The number of rotatable bonds is 8. The van der Waals surface area contributed by atoms with Gasteiger partial charge >= 0.3 is 11.9 Å². The summed E-state index contributed by atoms with van der Waals surface area (Å²) in [7, 11) is 0. The van der Waals surface area contributed by atoms with Crippen LogP contribution in [0.1, 0.15) is 25.0 Å². The number of nitrogens with one attached hydrogen (secondary N) is 1. The van der Waals surface area contributed by atoms with Crippen LogP contribution in [0, 0.1) is 0 Å². The van der Waals surface area contributed by atoms with E-state index in [1.54, 1.807) is 42.5 Å². The number of carbonyl (C=O) groups is 2. The lowest BCUT2D eigenvalue weighted by Gasteiger charge is -2.38. The molecule has 0 spiro atoms. The first-order valence-corrected chi connectivity index (χ1v) is 10.2. The number of benzene rings is 2. The maximum absolute atomic E-state index is 11.3. The van der Waals surface area contributed by atoms with Gasteiger partial charge in [-0.15, -0.1) is 0 Å². The first-order chi connectivity index (χ1) is 15.3. The Hall–Kier alpha value is -2.82. The van der Waals surface area contributed by atoms with Crippen LogP contribution in [0.4, 0.5) is 0 Å². The summed E-state index contributed by atoms with van der Waals surface area (Å²) in [5.41, 5.74) is 1.32. The van der Waals surface area contributed by atoms with Crippen molar-refractivity contribution in [2.45, 2.75) is 51.5 Å². The number of aliphatic hydroxyl groups is 2. The summed E-state index contributed by atoms with van der Waals surface area (Å²) in [5, 5.41) is 23.7. The standard InChI is InChI=1S/C23H27NO8/c1-14(25)31-19-9-5-3-7-16(19)11-24-23-22(21(28)18(27)13-30-23)29-12-17-8-4-6-10-20(17)32-15(2)26/h3-10,18,21-24,27-28H,11-13H2,1-2H3/t18-,21+,22+,23?/m1/s1. The fourth-order valence-corrected chi connectivity index (χ4v) is 3.33. The first-order valence-electron chi connectivity index (χ1n) is 10.2. The number of carbonyl (C=O) groups excluding carboxylic acids is 2. The zero-order valence-electron chi connectivity index (χ0n) is 17.9. The third-order valence-electron chi connectivity index (χ3n) is 4.85. The van der Waals surface area contributed by atoms with Crippen molar-refractivity contribution in [1.29, 1.82) is 0 Å². The van der Waals surface area contributed by atoms with Gasteiger partial charge in [0.15, 0.2) is 0 Å². The summed E-state index contributed by atoms with van der Waals surface area (Å²) >= 11 is 0. The molecule has 0 bridgehead atoms. The average molecular weight is 445 g/mol. The molecule has 1 fully saturated rings. The quantitative estimate of drug-likeness (QED) is 0.407. The van der Waals surface area contributed by atoms with E-state index in [0.29, 0.717) is 22.6 Å². The largest absolute Gasteiger partial charge is 0.426 e. The van der Waals surface area contributed by atoms with Gasteiger partial charge in [0.25, 0.3) is 0 Å². The minimum atomic E-state index is -1.20. The Kier molecular flexibility index (Phi) is 8.32. The van der Waals surface area contributed by atoms with Crippen molar-refractivity contribution in [3.8, 4) is 11.5 Å². The van der Waals surface area contributed by atoms with E-state index < -0.39 is 36.5 Å². The van der Waals surface area contributed by atoms with Gasteiger partial charge in [-0.25, -0.2) is 0 Å². The third-order valence-corrected chi connectivity index (χ3v) is 4.85. The van der Waals surface area contributed by atoms with E-state index in [2.05, 4.69) is 5.32 Å². The molecule has 1 aliphatic rings. The van der Waals surface area contributed by atoms with E-state index in [9.17, 15) is 19.8 Å². The molecule has 0 saturated carbocycles. The van der Waals surface area contributed by atoms with Crippen molar-refractivity contribution < 1.29 is 38.7 Å². The van der Waals surface area contributed by atoms with Gasteiger partial charge < -0.3 is 29.2 Å². The molecule has 1 heterocycles. The minimum absolute atomic E-state index is 0.0173. The fourth-order valence-electron chi connectivity index (χ4n) is 3.33. The number of aliphatic hydroxyl groups excluding tert-OH is 2. The van der Waals surface area contributed by atoms with Crippen LogP contribution in [0.5, 0.6) is 11.5 Å². The van der Waals surface area contributed by atoms with Gasteiger partial charge in [0.2, 0.25) is 0 Å². The predicted octanol–water partition coefficient (Wildman–Crippen LogP) is 1.29. The molecule has 9 nitrogen and oxygen atoms in total. The Morgan fingerprint density at radius 1 is 0.969 bits per heavy atom. The van der Waals surface area contributed by atoms with Crippen molar-refractivity contribution in [2.75, 3.05) is 6.61 Å². The molecule has 2 aromatic carbocycles. The molecule has 0 amide bonds. The summed E-state index contributed by atoms with van der Waals surface area (Å²) in [5.74, 6) is -0.124. The van der Waals surface area contributed by atoms with Crippen molar-refractivity contribution >= 4 is 11.9 Å². The average Bonchev–Trinajstić information content (AvgIpc) is 2.75. The summed E-state index contributed by atoms with van der Waals surface area (Å²) in [6.45, 7) is 2.84. The van der Waals surface area contributed by atoms with Crippen LogP contribution in [0.3, 0.4) is 0 Å². The van der Waals surface area contributed by atoms with Gasteiger partial charge in [-0.05, 0) is 12.1 Å². The topological polar surface area (TPSA) is 124 Å². The molecule has 1 unspecified atom stereocenters. The van der Waals surface area contributed by atoms with Crippen molar-refractivity contribution in [2.24, 2.45) is 0 Å². The third kappa shape index (κ3) is 6.35. The Bertz CT molecular complexity index is 934. The fraction of sp³-hybridized carbons (Fsp3) is 0.391. The number of esters is 2. The van der Waals surface area contributed by atoms with E-state index in [1.165, 1.54) is 13.8 Å². The molecule has 9 heteroatoms. The molecule has 32 heavy (non-hydrogen) atoms. The molecule has 3 N–H and O–H groups in total. The monoisotopic (exact) mass is 445 g/mol. The minimum Gasteiger partial charge on any atom is -0.426 e. The summed E-state index contributed by atoms with van der Waals surface area (Å²) in [4.78, 5) is 22.7. The second-order valence-electron chi connectivity index (χ2n) is 7.37. The van der Waals surface area contributed by atoms with E-state index in [4.69, 9.17) is 18.9 Å². The van der Waals surface area contributed by atoms with Crippen molar-refractivity contribution in [3.63, 3.8) is 0 Å². The van der Waals surface area contributed by atoms with Gasteiger partial charge in [-0.1, -0.05) is 36.4 Å².